The van der Waals surface area contributed by atoms with Gasteiger partial charge in [0.15, 0.2) is 0 Å². The maximum Gasteiger partial charge on any atom is 0.290 e. The molecular weight excluding hydrogens is 386 g/mol. The summed E-state index contributed by atoms with van der Waals surface area (Å²) in [6, 6.07) is 19.5. The molecule has 6 nitrogen and oxygen atoms in total. The number of fused-ring (bicyclic) bond motifs is 1. The molecule has 1 fully saturated rings. The summed E-state index contributed by atoms with van der Waals surface area (Å²) in [5.41, 5.74) is 1.81. The molecule has 1 N–H and O–H groups in total. The first kappa shape index (κ1) is 19.0. The number of anilines is 1. The summed E-state index contributed by atoms with van der Waals surface area (Å²) in [6.07, 6.45) is 1.69. The number of thioether (sulfide) groups is 1. The Hall–Kier alpha value is -3.32. The van der Waals surface area contributed by atoms with E-state index in [9.17, 15) is 9.59 Å². The second-order valence-electron chi connectivity index (χ2n) is 6.55. The Labute approximate surface area is 172 Å². The molecule has 0 unspecified atom stereocenters. The average Bonchev–Trinajstić information content (AvgIpc) is 3.05. The largest absolute Gasteiger partial charge is 0.492 e. The second-order valence-corrected chi connectivity index (χ2v) is 7.57. The molecule has 0 bridgehead atoms. The van der Waals surface area contributed by atoms with Gasteiger partial charge in [0, 0.05) is 12.4 Å². The number of aromatic nitrogens is 1. The number of benzene rings is 2. The number of nitrogens with zero attached hydrogens (tertiary/aromatic N) is 2. The number of hydrogen-bond donors (Lipinski definition) is 1. The Morgan fingerprint density at radius 2 is 1.86 bits per heavy atom. The van der Waals surface area contributed by atoms with Crippen molar-refractivity contribution in [2.45, 2.75) is 0 Å². The van der Waals surface area contributed by atoms with Gasteiger partial charge in [-0.05, 0) is 53.7 Å². The third kappa shape index (κ3) is 4.57. The van der Waals surface area contributed by atoms with E-state index in [1.807, 2.05) is 61.6 Å². The molecule has 146 valence electrons. The number of imide groups is 1. The van der Waals surface area contributed by atoms with Crippen LogP contribution in [0.3, 0.4) is 0 Å². The second kappa shape index (κ2) is 8.36. The lowest BCUT2D eigenvalue weighted by molar-refractivity contribution is -0.115. The van der Waals surface area contributed by atoms with Crippen LogP contribution in [0, 0.1) is 0 Å². The molecule has 0 radical (unpaired) electrons. The highest BCUT2D eigenvalue weighted by molar-refractivity contribution is 8.18. The minimum atomic E-state index is -0.356. The smallest absolute Gasteiger partial charge is 0.290 e. The SMILES string of the molecule is CN(CCOc1ccc(/C=C2\SC(=O)NC2=O)cc1)c1ccc2ccccc2n1. The Kier molecular flexibility index (Phi) is 5.48. The number of carbonyl (C=O) groups is 2. The lowest BCUT2D eigenvalue weighted by Gasteiger charge is -2.18. The van der Waals surface area contributed by atoms with E-state index >= 15 is 0 Å². The van der Waals surface area contributed by atoms with Gasteiger partial charge in [-0.1, -0.05) is 30.3 Å². The molecular formula is C22H19N3O3S. The van der Waals surface area contributed by atoms with E-state index in [2.05, 4.69) is 21.3 Å². The van der Waals surface area contributed by atoms with Crippen LogP contribution in [0.5, 0.6) is 5.75 Å². The first-order valence-corrected chi connectivity index (χ1v) is 9.95. The molecule has 29 heavy (non-hydrogen) atoms. The van der Waals surface area contributed by atoms with Crippen molar-refractivity contribution in [1.82, 2.24) is 10.3 Å². The fourth-order valence-electron chi connectivity index (χ4n) is 2.92. The number of pyridine rings is 1. The third-order valence-corrected chi connectivity index (χ3v) is 5.30. The average molecular weight is 405 g/mol. The van der Waals surface area contributed by atoms with Crippen LogP contribution in [0.1, 0.15) is 5.56 Å². The van der Waals surface area contributed by atoms with Crippen LogP contribution in [-0.2, 0) is 4.79 Å². The van der Waals surface area contributed by atoms with Gasteiger partial charge < -0.3 is 9.64 Å². The van der Waals surface area contributed by atoms with Gasteiger partial charge >= 0.3 is 0 Å². The van der Waals surface area contributed by atoms with Gasteiger partial charge in [0.25, 0.3) is 11.1 Å². The molecule has 1 saturated heterocycles. The number of para-hydroxylation sites is 1. The third-order valence-electron chi connectivity index (χ3n) is 4.49. The predicted octanol–water partition coefficient (Wildman–Crippen LogP) is 4.07. The number of carbonyl (C=O) groups excluding carboxylic acids is 2. The van der Waals surface area contributed by atoms with Gasteiger partial charge in [0.2, 0.25) is 0 Å². The van der Waals surface area contributed by atoms with Gasteiger partial charge in [-0.2, -0.15) is 0 Å². The zero-order valence-corrected chi connectivity index (χ0v) is 16.6. The fraction of sp³-hybridized carbons (Fsp3) is 0.136. The molecule has 0 saturated carbocycles. The van der Waals surface area contributed by atoms with Crippen LogP contribution in [-0.4, -0.2) is 36.3 Å². The Bertz CT molecular complexity index is 1100. The molecule has 3 aromatic rings. The predicted molar refractivity (Wildman–Crippen MR) is 116 cm³/mol. The van der Waals surface area contributed by atoms with E-state index in [1.165, 1.54) is 0 Å². The lowest BCUT2D eigenvalue weighted by Crippen LogP contribution is -2.24. The Morgan fingerprint density at radius 1 is 1.07 bits per heavy atom. The van der Waals surface area contributed by atoms with Gasteiger partial charge in [0.05, 0.1) is 17.0 Å². The van der Waals surface area contributed by atoms with E-state index in [4.69, 9.17) is 4.74 Å². The van der Waals surface area contributed by atoms with Crippen LogP contribution < -0.4 is 15.0 Å². The maximum absolute atomic E-state index is 11.6. The van der Waals surface area contributed by atoms with Gasteiger partial charge in [-0.3, -0.25) is 14.9 Å². The topological polar surface area (TPSA) is 71.5 Å². The number of amides is 2. The molecule has 2 aromatic carbocycles. The monoisotopic (exact) mass is 405 g/mol. The van der Waals surface area contributed by atoms with Crippen molar-refractivity contribution < 1.29 is 14.3 Å². The van der Waals surface area contributed by atoms with Crippen LogP contribution in [0.4, 0.5) is 10.6 Å². The Balaban J connectivity index is 1.32. The molecule has 0 aliphatic carbocycles. The number of likely N-dealkylation sites (N-methyl/N-ethyl adjacent to an activating group) is 1. The van der Waals surface area contributed by atoms with Crippen molar-refractivity contribution in [2.24, 2.45) is 0 Å². The summed E-state index contributed by atoms with van der Waals surface area (Å²) in [4.78, 5) is 29.9. The van der Waals surface area contributed by atoms with Crippen molar-refractivity contribution in [3.05, 3.63) is 71.1 Å². The van der Waals surface area contributed by atoms with Crippen LogP contribution in [0.25, 0.3) is 17.0 Å². The summed E-state index contributed by atoms with van der Waals surface area (Å²) in [5.74, 6) is 1.29. The normalized spacial score (nSPS) is 15.0. The number of hydrogen-bond acceptors (Lipinski definition) is 6. The molecule has 7 heteroatoms. The van der Waals surface area contributed by atoms with Gasteiger partial charge in [0.1, 0.15) is 18.2 Å². The first-order chi connectivity index (χ1) is 14.1. The molecule has 0 spiro atoms. The standard InChI is InChI=1S/C22H19N3O3S/c1-25(20-11-8-16-4-2-3-5-18(16)23-20)12-13-28-17-9-6-15(7-10-17)14-19-21(26)24-22(27)29-19/h2-11,14H,12-13H2,1H3,(H,24,26,27)/b19-14-. The molecule has 2 amide bonds. The highest BCUT2D eigenvalue weighted by Crippen LogP contribution is 2.26. The lowest BCUT2D eigenvalue weighted by atomic mass is 10.2. The molecule has 2 heterocycles. The summed E-state index contributed by atoms with van der Waals surface area (Å²) in [6.45, 7) is 1.20. The van der Waals surface area contributed by atoms with E-state index in [0.717, 1.165) is 39.8 Å². The molecule has 4 rings (SSSR count). The van der Waals surface area contributed by atoms with E-state index in [1.54, 1.807) is 6.08 Å². The van der Waals surface area contributed by atoms with Crippen molar-refractivity contribution in [2.75, 3.05) is 25.1 Å². The molecule has 0 atom stereocenters. The van der Waals surface area contributed by atoms with Gasteiger partial charge in [-0.15, -0.1) is 0 Å². The van der Waals surface area contributed by atoms with Crippen molar-refractivity contribution in [1.29, 1.82) is 0 Å². The van der Waals surface area contributed by atoms with Crippen LogP contribution >= 0.6 is 11.8 Å². The van der Waals surface area contributed by atoms with Crippen molar-refractivity contribution in [3.63, 3.8) is 0 Å². The van der Waals surface area contributed by atoms with E-state index in [0.29, 0.717) is 18.1 Å². The highest BCUT2D eigenvalue weighted by atomic mass is 32.2. The number of nitrogens with one attached hydrogen (secondary N) is 1. The quantitative estimate of drug-likeness (QED) is 0.623. The van der Waals surface area contributed by atoms with Gasteiger partial charge in [-0.25, -0.2) is 4.98 Å². The molecule has 1 aliphatic heterocycles. The van der Waals surface area contributed by atoms with Crippen molar-refractivity contribution in [3.8, 4) is 5.75 Å². The van der Waals surface area contributed by atoms with E-state index in [-0.39, 0.29) is 11.1 Å². The maximum atomic E-state index is 11.6. The fourth-order valence-corrected chi connectivity index (χ4v) is 3.60. The van der Waals surface area contributed by atoms with Crippen LogP contribution in [0.15, 0.2) is 65.6 Å². The summed E-state index contributed by atoms with van der Waals surface area (Å²) >= 11 is 0.907. The number of rotatable bonds is 6. The van der Waals surface area contributed by atoms with E-state index < -0.39 is 0 Å². The zero-order chi connectivity index (χ0) is 20.2. The minimum absolute atomic E-state index is 0.341. The van der Waals surface area contributed by atoms with Crippen LogP contribution in [0.2, 0.25) is 0 Å². The summed E-state index contributed by atoms with van der Waals surface area (Å²) in [7, 11) is 1.99. The number of ether oxygens (including phenoxy) is 1. The summed E-state index contributed by atoms with van der Waals surface area (Å²) in [5, 5.41) is 3.02. The zero-order valence-electron chi connectivity index (χ0n) is 15.8. The minimum Gasteiger partial charge on any atom is -0.492 e. The highest BCUT2D eigenvalue weighted by Gasteiger charge is 2.24. The molecule has 1 aromatic heterocycles. The first-order valence-electron chi connectivity index (χ1n) is 9.13. The Morgan fingerprint density at radius 3 is 2.62 bits per heavy atom. The summed E-state index contributed by atoms with van der Waals surface area (Å²) < 4.78 is 5.82. The molecule has 1 aliphatic rings. The van der Waals surface area contributed by atoms with Crippen molar-refractivity contribution >= 4 is 45.7 Å².